The number of carbonyl (C=O) groups is 1. The van der Waals surface area contributed by atoms with Crippen molar-refractivity contribution in [3.63, 3.8) is 0 Å². The molecule has 138 valence electrons. The highest BCUT2D eigenvalue weighted by molar-refractivity contribution is 5.75. The third kappa shape index (κ3) is 3.25. The molecule has 2 heterocycles. The van der Waals surface area contributed by atoms with E-state index in [-0.39, 0.29) is 23.7 Å². The minimum Gasteiger partial charge on any atom is -0.487 e. The van der Waals surface area contributed by atoms with E-state index in [9.17, 15) is 4.79 Å². The van der Waals surface area contributed by atoms with Gasteiger partial charge in [-0.15, -0.1) is 0 Å². The van der Waals surface area contributed by atoms with Crippen LogP contribution in [0.4, 0.5) is 4.79 Å². The monoisotopic (exact) mass is 356 g/mol. The van der Waals surface area contributed by atoms with Crippen molar-refractivity contribution in [1.29, 1.82) is 0 Å². The van der Waals surface area contributed by atoms with Crippen LogP contribution < -0.4 is 15.4 Å². The van der Waals surface area contributed by atoms with Gasteiger partial charge in [-0.1, -0.05) is 23.4 Å². The predicted octanol–water partition coefficient (Wildman–Crippen LogP) is 3.57. The van der Waals surface area contributed by atoms with Crippen molar-refractivity contribution in [3.05, 3.63) is 41.5 Å². The number of urea groups is 1. The molecule has 0 saturated heterocycles. The summed E-state index contributed by atoms with van der Waals surface area (Å²) < 4.78 is 11.5. The third-order valence-corrected chi connectivity index (χ3v) is 5.28. The number of benzene rings is 1. The number of fused-ring (bicyclic) bond motifs is 1. The van der Waals surface area contributed by atoms with E-state index >= 15 is 0 Å². The van der Waals surface area contributed by atoms with Gasteiger partial charge in [0.1, 0.15) is 17.4 Å². The number of hydrogen-bond acceptors (Lipinski definition) is 5. The first kappa shape index (κ1) is 16.9. The number of para-hydroxylation sites is 1. The first-order chi connectivity index (χ1) is 12.5. The highest BCUT2D eigenvalue weighted by Crippen LogP contribution is 2.46. The molecule has 2 aliphatic rings. The maximum atomic E-state index is 12.6. The molecule has 2 atom stereocenters. The number of nitrogens with zero attached hydrogens (tertiary/aromatic N) is 2. The summed E-state index contributed by atoms with van der Waals surface area (Å²) in [7, 11) is 0. The zero-order chi connectivity index (χ0) is 18.1. The van der Waals surface area contributed by atoms with Crippen molar-refractivity contribution in [3.8, 4) is 5.75 Å². The lowest BCUT2D eigenvalue weighted by Crippen LogP contribution is -2.46. The average molecular weight is 356 g/mol. The van der Waals surface area contributed by atoms with E-state index < -0.39 is 0 Å². The highest BCUT2D eigenvalue weighted by Gasteiger charge is 2.43. The molecule has 1 fully saturated rings. The van der Waals surface area contributed by atoms with Gasteiger partial charge in [0, 0.05) is 12.0 Å². The first-order valence-corrected chi connectivity index (χ1v) is 9.20. The van der Waals surface area contributed by atoms with Crippen molar-refractivity contribution in [2.45, 2.75) is 63.6 Å². The molecule has 4 rings (SSSR count). The van der Waals surface area contributed by atoms with Gasteiger partial charge < -0.3 is 19.9 Å². The minimum absolute atomic E-state index is 0.0744. The summed E-state index contributed by atoms with van der Waals surface area (Å²) in [4.78, 5) is 16.7. The molecular weight excluding hydrogens is 332 g/mol. The number of hydrogen-bond donors (Lipinski definition) is 2. The van der Waals surface area contributed by atoms with Gasteiger partial charge in [-0.3, -0.25) is 0 Å². The molecule has 1 aliphatic heterocycles. The Balaban J connectivity index is 1.48. The molecule has 2 aromatic rings. The van der Waals surface area contributed by atoms with E-state index in [0.717, 1.165) is 30.6 Å². The van der Waals surface area contributed by atoms with E-state index in [0.29, 0.717) is 11.7 Å². The number of amides is 2. The van der Waals surface area contributed by atoms with Gasteiger partial charge in [0.25, 0.3) is 0 Å². The molecule has 0 bridgehead atoms. The van der Waals surface area contributed by atoms with Crippen molar-refractivity contribution < 1.29 is 14.1 Å². The van der Waals surface area contributed by atoms with Gasteiger partial charge in [0.05, 0.1) is 6.04 Å². The zero-order valence-electron chi connectivity index (χ0n) is 15.1. The number of rotatable bonds is 3. The van der Waals surface area contributed by atoms with Crippen LogP contribution in [0.5, 0.6) is 5.75 Å². The fourth-order valence-corrected chi connectivity index (χ4v) is 4.02. The molecule has 1 aromatic carbocycles. The van der Waals surface area contributed by atoms with Crippen LogP contribution in [0, 0.1) is 6.92 Å². The Bertz CT molecular complexity index is 798. The summed E-state index contributed by atoms with van der Waals surface area (Å²) >= 11 is 0. The second-order valence-electron chi connectivity index (χ2n) is 7.31. The lowest BCUT2D eigenvalue weighted by atomic mass is 9.86. The standard InChI is InChI=1S/C19H24N4O3/c1-12(17-21-13(2)23-26-17)20-18(24)22-15-11-19(9-5-6-10-19)25-16-8-4-3-7-14(15)16/h3-4,7-8,12,15H,5-6,9-11H2,1-2H3,(H2,20,22,24). The number of ether oxygens (including phenoxy) is 1. The van der Waals surface area contributed by atoms with Crippen LogP contribution >= 0.6 is 0 Å². The maximum absolute atomic E-state index is 12.6. The second-order valence-corrected chi connectivity index (χ2v) is 7.31. The molecule has 1 aliphatic carbocycles. The highest BCUT2D eigenvalue weighted by atomic mass is 16.5. The maximum Gasteiger partial charge on any atom is 0.315 e. The van der Waals surface area contributed by atoms with E-state index in [2.05, 4.69) is 20.8 Å². The number of nitrogens with one attached hydrogen (secondary N) is 2. The van der Waals surface area contributed by atoms with Crippen molar-refractivity contribution >= 4 is 6.03 Å². The number of carbonyl (C=O) groups excluding carboxylic acids is 1. The van der Waals surface area contributed by atoms with E-state index in [1.165, 1.54) is 12.8 Å². The van der Waals surface area contributed by atoms with Crippen LogP contribution in [0.15, 0.2) is 28.8 Å². The molecule has 2 amide bonds. The Morgan fingerprint density at radius 1 is 1.31 bits per heavy atom. The van der Waals surface area contributed by atoms with E-state index in [4.69, 9.17) is 9.26 Å². The summed E-state index contributed by atoms with van der Waals surface area (Å²) in [6.45, 7) is 3.57. The summed E-state index contributed by atoms with van der Waals surface area (Å²) in [5.74, 6) is 1.83. The van der Waals surface area contributed by atoms with E-state index in [1.54, 1.807) is 6.92 Å². The largest absolute Gasteiger partial charge is 0.487 e. The predicted molar refractivity (Wildman–Crippen MR) is 94.7 cm³/mol. The first-order valence-electron chi connectivity index (χ1n) is 9.20. The van der Waals surface area contributed by atoms with Crippen molar-refractivity contribution in [2.75, 3.05) is 0 Å². The smallest absolute Gasteiger partial charge is 0.315 e. The van der Waals surface area contributed by atoms with Crippen LogP contribution in [0.1, 0.15) is 68.4 Å². The van der Waals surface area contributed by atoms with Gasteiger partial charge in [-0.05, 0) is 45.6 Å². The topological polar surface area (TPSA) is 89.3 Å². The fourth-order valence-electron chi connectivity index (χ4n) is 4.02. The Labute approximate surface area is 152 Å². The Morgan fingerprint density at radius 3 is 2.81 bits per heavy atom. The van der Waals surface area contributed by atoms with Crippen molar-refractivity contribution in [1.82, 2.24) is 20.8 Å². The van der Waals surface area contributed by atoms with E-state index in [1.807, 2.05) is 31.2 Å². The van der Waals surface area contributed by atoms with Crippen LogP contribution in [0.2, 0.25) is 0 Å². The van der Waals surface area contributed by atoms with Crippen LogP contribution in [0.3, 0.4) is 0 Å². The average Bonchev–Trinajstić information content (AvgIpc) is 3.24. The lowest BCUT2D eigenvalue weighted by Gasteiger charge is -2.40. The fraction of sp³-hybridized carbons (Fsp3) is 0.526. The molecule has 0 radical (unpaired) electrons. The van der Waals surface area contributed by atoms with Gasteiger partial charge in [0.15, 0.2) is 5.82 Å². The molecular formula is C19H24N4O3. The summed E-state index contributed by atoms with van der Waals surface area (Å²) in [5, 5.41) is 9.76. The number of aryl methyl sites for hydroxylation is 1. The SMILES string of the molecule is Cc1noc(C(C)NC(=O)NC2CC3(CCCC3)Oc3ccccc32)n1. The number of aromatic nitrogens is 2. The second kappa shape index (κ2) is 6.63. The molecule has 7 heteroatoms. The molecule has 26 heavy (non-hydrogen) atoms. The van der Waals surface area contributed by atoms with Gasteiger partial charge in [-0.25, -0.2) is 4.79 Å². The van der Waals surface area contributed by atoms with Gasteiger partial charge in [-0.2, -0.15) is 4.98 Å². The third-order valence-electron chi connectivity index (χ3n) is 5.28. The van der Waals surface area contributed by atoms with Gasteiger partial charge in [0.2, 0.25) is 5.89 Å². The summed E-state index contributed by atoms with van der Waals surface area (Å²) in [5.41, 5.74) is 0.878. The molecule has 1 aromatic heterocycles. The van der Waals surface area contributed by atoms with Crippen molar-refractivity contribution in [2.24, 2.45) is 0 Å². The molecule has 1 spiro atoms. The Morgan fingerprint density at radius 2 is 2.08 bits per heavy atom. The Kier molecular flexibility index (Phi) is 4.30. The summed E-state index contributed by atoms with van der Waals surface area (Å²) in [6, 6.07) is 7.29. The van der Waals surface area contributed by atoms with Crippen LogP contribution in [-0.2, 0) is 0 Å². The Hall–Kier alpha value is -2.57. The molecule has 1 saturated carbocycles. The molecule has 7 nitrogen and oxygen atoms in total. The molecule has 2 unspecified atom stereocenters. The molecule has 2 N–H and O–H groups in total. The minimum atomic E-state index is -0.355. The zero-order valence-corrected chi connectivity index (χ0v) is 15.1. The lowest BCUT2D eigenvalue weighted by molar-refractivity contribution is 0.0384. The van der Waals surface area contributed by atoms with Gasteiger partial charge >= 0.3 is 6.03 Å². The summed E-state index contributed by atoms with van der Waals surface area (Å²) in [6.07, 6.45) is 5.23. The normalized spacial score (nSPS) is 21.7. The van der Waals surface area contributed by atoms with Crippen LogP contribution in [-0.4, -0.2) is 21.8 Å². The quantitative estimate of drug-likeness (QED) is 0.877. The van der Waals surface area contributed by atoms with Crippen LogP contribution in [0.25, 0.3) is 0 Å².